The topological polar surface area (TPSA) is 32.7 Å². The monoisotopic (exact) mass is 322 g/mol. The summed E-state index contributed by atoms with van der Waals surface area (Å²) in [6.45, 7) is 6.55. The van der Waals surface area contributed by atoms with Gasteiger partial charge in [0.15, 0.2) is 0 Å². The van der Waals surface area contributed by atoms with Gasteiger partial charge in [0.05, 0.1) is 11.0 Å². The minimum absolute atomic E-state index is 0.0606. The van der Waals surface area contributed by atoms with Gasteiger partial charge in [-0.25, -0.2) is 0 Å². The molecule has 125 valence electrons. The van der Waals surface area contributed by atoms with Crippen LogP contribution in [0.15, 0.2) is 24.3 Å². The Balaban J connectivity index is 1.56. The normalized spacial score (nSPS) is 42.6. The number of ether oxygens (including phenoxy) is 1. The molecule has 2 bridgehead atoms. The molecule has 1 radical (unpaired) electrons. The molecule has 6 rings (SSSR count). The van der Waals surface area contributed by atoms with Crippen LogP contribution in [-0.4, -0.2) is 40.8 Å². The summed E-state index contributed by atoms with van der Waals surface area (Å²) < 4.78 is 6.35. The van der Waals surface area contributed by atoms with Crippen LogP contribution in [0, 0.1) is 12.0 Å². The quantitative estimate of drug-likeness (QED) is 0.850. The number of benzene rings is 1. The second kappa shape index (κ2) is 4.25. The van der Waals surface area contributed by atoms with Gasteiger partial charge in [-0.15, -0.1) is 0 Å². The van der Waals surface area contributed by atoms with E-state index in [0.29, 0.717) is 0 Å². The van der Waals surface area contributed by atoms with Crippen LogP contribution in [0.4, 0.5) is 0 Å². The Morgan fingerprint density at radius 2 is 2.25 bits per heavy atom. The van der Waals surface area contributed by atoms with Gasteiger partial charge in [-0.2, -0.15) is 0 Å². The molecule has 24 heavy (non-hydrogen) atoms. The Morgan fingerprint density at radius 1 is 1.38 bits per heavy atom. The lowest BCUT2D eigenvalue weighted by molar-refractivity contribution is -0.174. The van der Waals surface area contributed by atoms with Gasteiger partial charge >= 0.3 is 0 Å². The van der Waals surface area contributed by atoms with Gasteiger partial charge in [-0.05, 0) is 62.1 Å². The molecule has 5 aliphatic rings. The van der Waals surface area contributed by atoms with Crippen LogP contribution >= 0.6 is 0 Å². The van der Waals surface area contributed by atoms with Crippen molar-refractivity contribution in [3.63, 3.8) is 0 Å². The zero-order valence-corrected chi connectivity index (χ0v) is 14.1. The maximum absolute atomic E-state index is 12.1. The zero-order valence-electron chi connectivity index (χ0n) is 14.1. The van der Waals surface area contributed by atoms with Gasteiger partial charge in [-0.1, -0.05) is 18.7 Å². The van der Waals surface area contributed by atoms with E-state index < -0.39 is 5.60 Å². The summed E-state index contributed by atoms with van der Waals surface area (Å²) in [6.07, 6.45) is 6.30. The predicted octanol–water partition coefficient (Wildman–Crippen LogP) is 2.61. The van der Waals surface area contributed by atoms with Crippen molar-refractivity contribution in [2.24, 2.45) is 5.92 Å². The van der Waals surface area contributed by atoms with E-state index in [1.54, 1.807) is 0 Å². The van der Waals surface area contributed by atoms with Crippen molar-refractivity contribution in [3.8, 4) is 5.75 Å². The highest BCUT2D eigenvalue weighted by molar-refractivity contribution is 5.58. The van der Waals surface area contributed by atoms with Gasteiger partial charge in [0.2, 0.25) is 0 Å². The van der Waals surface area contributed by atoms with Gasteiger partial charge in [0.25, 0.3) is 0 Å². The summed E-state index contributed by atoms with van der Waals surface area (Å²) in [5.41, 5.74) is 2.83. The maximum atomic E-state index is 12.1. The Kier molecular flexibility index (Phi) is 2.47. The summed E-state index contributed by atoms with van der Waals surface area (Å²) in [4.78, 5) is 2.60. The molecule has 2 heterocycles. The highest BCUT2D eigenvalue weighted by Crippen LogP contribution is 2.64. The first-order chi connectivity index (χ1) is 11.6. The lowest BCUT2D eigenvalue weighted by Crippen LogP contribution is -2.75. The molecule has 2 saturated carbocycles. The van der Waals surface area contributed by atoms with Crippen LogP contribution < -0.4 is 4.74 Å². The molecule has 1 aromatic rings. The van der Waals surface area contributed by atoms with Crippen molar-refractivity contribution >= 4 is 0 Å². The van der Waals surface area contributed by atoms with Gasteiger partial charge in [-0.3, -0.25) is 4.90 Å². The molecule has 3 aliphatic carbocycles. The first-order valence-corrected chi connectivity index (χ1v) is 9.48. The zero-order chi connectivity index (χ0) is 16.1. The van der Waals surface area contributed by atoms with Gasteiger partial charge in [0.1, 0.15) is 11.9 Å². The molecule has 0 aromatic heterocycles. The third-order valence-electron chi connectivity index (χ3n) is 7.54. The number of piperidine rings is 1. The van der Waals surface area contributed by atoms with Crippen LogP contribution in [0.3, 0.4) is 0 Å². The summed E-state index contributed by atoms with van der Waals surface area (Å²) in [5, 5.41) is 12.1. The molecule has 3 nitrogen and oxygen atoms in total. The average molecular weight is 322 g/mol. The molecular weight excluding hydrogens is 298 g/mol. The van der Waals surface area contributed by atoms with Crippen molar-refractivity contribution in [3.05, 3.63) is 41.5 Å². The average Bonchev–Trinajstić information content (AvgIpc) is 3.31. The Morgan fingerprint density at radius 3 is 3.08 bits per heavy atom. The van der Waals surface area contributed by atoms with Gasteiger partial charge in [0, 0.05) is 24.2 Å². The standard InChI is InChI=1S/C21H24NO2/c1-13-7-8-21(23)17-11-15-3-2-4-16-18(15)20(21,19(13)24-16)9-10-22(17)12-14-5-6-14/h2-3,14,17,19,23H,1,5-12H2/t17?,19-,20-,21+/m0/s1. The molecule has 3 heteroatoms. The van der Waals surface area contributed by atoms with E-state index >= 15 is 0 Å². The molecule has 4 atom stereocenters. The number of rotatable bonds is 2. The third-order valence-corrected chi connectivity index (χ3v) is 7.54. The maximum Gasteiger partial charge on any atom is 0.132 e. The van der Waals surface area contributed by atoms with E-state index in [2.05, 4.69) is 23.6 Å². The van der Waals surface area contributed by atoms with Crippen LogP contribution in [-0.2, 0) is 11.8 Å². The van der Waals surface area contributed by atoms with Crippen molar-refractivity contribution in [2.45, 2.75) is 61.7 Å². The molecule has 0 amide bonds. The van der Waals surface area contributed by atoms with E-state index in [0.717, 1.165) is 56.0 Å². The number of hydrogen-bond donors (Lipinski definition) is 1. The first kappa shape index (κ1) is 13.9. The first-order valence-electron chi connectivity index (χ1n) is 9.48. The third kappa shape index (κ3) is 1.44. The Labute approximate surface area is 143 Å². The fourth-order valence-electron chi connectivity index (χ4n) is 6.27. The van der Waals surface area contributed by atoms with Crippen LogP contribution in [0.25, 0.3) is 0 Å². The second-order valence-corrected chi connectivity index (χ2v) is 8.67. The lowest BCUT2D eigenvalue weighted by atomic mass is 9.48. The van der Waals surface area contributed by atoms with Crippen LogP contribution in [0.1, 0.15) is 43.2 Å². The Bertz CT molecular complexity index is 754. The Hall–Kier alpha value is -1.32. The van der Waals surface area contributed by atoms with Crippen LogP contribution in [0.5, 0.6) is 5.75 Å². The SMILES string of the molecule is C=C1CC[C@@]2(O)C3Cc4cc[c]c5c4[C@@]2(CCN3CC2CC2)[C@H]1O5. The fraction of sp³-hybridized carbons (Fsp3) is 0.619. The molecule has 1 N–H and O–H groups in total. The van der Waals surface area contributed by atoms with Gasteiger partial charge < -0.3 is 9.84 Å². The van der Waals surface area contributed by atoms with E-state index in [1.165, 1.54) is 24.0 Å². The molecule has 1 aromatic carbocycles. The van der Waals surface area contributed by atoms with E-state index in [1.807, 2.05) is 6.07 Å². The predicted molar refractivity (Wildman–Crippen MR) is 91.1 cm³/mol. The van der Waals surface area contributed by atoms with E-state index in [-0.39, 0.29) is 17.6 Å². The number of likely N-dealkylation sites (tertiary alicyclic amines) is 1. The summed E-state index contributed by atoms with van der Waals surface area (Å²) in [6, 6.07) is 7.73. The molecule has 1 spiro atoms. The molecular formula is C21H24NO2. The highest BCUT2D eigenvalue weighted by atomic mass is 16.5. The number of nitrogens with zero attached hydrogens (tertiary/aromatic N) is 1. The fourth-order valence-corrected chi connectivity index (χ4v) is 6.27. The van der Waals surface area contributed by atoms with Crippen molar-refractivity contribution in [1.29, 1.82) is 0 Å². The van der Waals surface area contributed by atoms with Crippen molar-refractivity contribution < 1.29 is 9.84 Å². The van der Waals surface area contributed by atoms with E-state index in [4.69, 9.17) is 4.74 Å². The smallest absolute Gasteiger partial charge is 0.132 e. The minimum atomic E-state index is -0.681. The number of hydrogen-bond acceptors (Lipinski definition) is 3. The number of aliphatic hydroxyl groups is 1. The molecule has 2 aliphatic heterocycles. The largest absolute Gasteiger partial charge is 0.484 e. The molecule has 1 unspecified atom stereocenters. The van der Waals surface area contributed by atoms with E-state index in [9.17, 15) is 5.11 Å². The highest BCUT2D eigenvalue weighted by Gasteiger charge is 2.71. The lowest BCUT2D eigenvalue weighted by Gasteiger charge is -2.63. The van der Waals surface area contributed by atoms with Crippen molar-refractivity contribution in [2.75, 3.05) is 13.1 Å². The second-order valence-electron chi connectivity index (χ2n) is 8.67. The molecule has 1 saturated heterocycles. The minimum Gasteiger partial charge on any atom is -0.484 e. The van der Waals surface area contributed by atoms with Crippen molar-refractivity contribution in [1.82, 2.24) is 4.90 Å². The summed E-state index contributed by atoms with van der Waals surface area (Å²) >= 11 is 0. The molecule has 3 fully saturated rings. The summed E-state index contributed by atoms with van der Waals surface area (Å²) in [7, 11) is 0. The van der Waals surface area contributed by atoms with Crippen LogP contribution in [0.2, 0.25) is 0 Å². The summed E-state index contributed by atoms with van der Waals surface area (Å²) in [5.74, 6) is 1.74.